The zero-order chi connectivity index (χ0) is 8.57. The molecule has 2 unspecified atom stereocenters. The van der Waals surface area contributed by atoms with E-state index in [-0.39, 0.29) is 11.9 Å². The van der Waals surface area contributed by atoms with Crippen LogP contribution < -0.4 is 0 Å². The van der Waals surface area contributed by atoms with Gasteiger partial charge in [-0.05, 0) is 0 Å². The summed E-state index contributed by atoms with van der Waals surface area (Å²) in [6, 6.07) is 0. The number of hydrogen-bond donors (Lipinski definition) is 0. The molecule has 0 aliphatic rings. The Morgan fingerprint density at radius 1 is 1.00 bits per heavy atom. The molecule has 0 aromatic carbocycles. The molecular weight excluding hydrogens is 174 g/mol. The van der Waals surface area contributed by atoms with E-state index in [1.807, 2.05) is 18.9 Å². The van der Waals surface area contributed by atoms with E-state index in [9.17, 15) is 9.59 Å². The maximum atomic E-state index is 9.57. The smallest absolute Gasteiger partial charge is 0.304 e. The van der Waals surface area contributed by atoms with Crippen LogP contribution in [0.3, 0.4) is 0 Å². The van der Waals surface area contributed by atoms with Crippen molar-refractivity contribution in [3.8, 4) is 0 Å². The van der Waals surface area contributed by atoms with E-state index in [0.717, 1.165) is 0 Å². The van der Waals surface area contributed by atoms with Crippen LogP contribution in [0.5, 0.6) is 0 Å². The summed E-state index contributed by atoms with van der Waals surface area (Å²) in [6.45, 7) is 2.68. The van der Waals surface area contributed by atoms with Gasteiger partial charge in [-0.25, -0.2) is 0 Å². The van der Waals surface area contributed by atoms with Gasteiger partial charge in [-0.15, -0.1) is 0 Å². The first-order chi connectivity index (χ1) is 4.54. The molecule has 0 saturated heterocycles. The second-order valence-corrected chi connectivity index (χ2v) is 1.69. The van der Waals surface area contributed by atoms with Crippen molar-refractivity contribution in [1.82, 2.24) is 0 Å². The highest BCUT2D eigenvalue weighted by molar-refractivity contribution is 7.10. The number of carbonyl (C=O) groups is 2. The minimum Gasteiger partial charge on any atom is -0.452 e. The Balaban J connectivity index is 0. The molecule has 0 aliphatic heterocycles. The van der Waals surface area contributed by atoms with Gasteiger partial charge >= 0.3 is 11.9 Å². The molecule has 0 radical (unpaired) electrons. The summed E-state index contributed by atoms with van der Waals surface area (Å²) in [5.41, 5.74) is 0. The molecule has 4 nitrogen and oxygen atoms in total. The highest BCUT2D eigenvalue weighted by Crippen LogP contribution is 1.81. The van der Waals surface area contributed by atoms with Gasteiger partial charge in [-0.1, -0.05) is 0 Å². The van der Waals surface area contributed by atoms with Crippen molar-refractivity contribution < 1.29 is 18.6 Å². The standard InChI is InChI=1S/2C2H5O2P/c2*1-2(3)4-5/h2*5H2,1H3. The van der Waals surface area contributed by atoms with Gasteiger partial charge < -0.3 is 9.05 Å². The fraction of sp³-hybridized carbons (Fsp3) is 0.500. The van der Waals surface area contributed by atoms with Crippen molar-refractivity contribution in [2.45, 2.75) is 13.8 Å². The van der Waals surface area contributed by atoms with Crippen LogP contribution >= 0.6 is 18.9 Å². The Kier molecular flexibility index (Phi) is 11.0. The van der Waals surface area contributed by atoms with Gasteiger partial charge in [-0.2, -0.15) is 0 Å². The van der Waals surface area contributed by atoms with Crippen molar-refractivity contribution in [2.24, 2.45) is 0 Å². The average molecular weight is 184 g/mol. The molecule has 0 N–H and O–H groups in total. The number of rotatable bonds is 0. The van der Waals surface area contributed by atoms with Crippen LogP contribution in [0, 0.1) is 0 Å². The van der Waals surface area contributed by atoms with E-state index >= 15 is 0 Å². The molecule has 0 aromatic heterocycles. The van der Waals surface area contributed by atoms with Gasteiger partial charge in [0.25, 0.3) is 0 Å². The molecule has 0 fully saturated rings. The average Bonchev–Trinajstić information content (AvgIpc) is 1.89. The monoisotopic (exact) mass is 184 g/mol. The Hall–Kier alpha value is -0.200. The topological polar surface area (TPSA) is 52.6 Å². The number of hydrogen-bond acceptors (Lipinski definition) is 4. The van der Waals surface area contributed by atoms with Gasteiger partial charge in [0.1, 0.15) is 0 Å². The van der Waals surface area contributed by atoms with Crippen LogP contribution in [-0.4, -0.2) is 11.9 Å². The molecule has 60 valence electrons. The third-order valence-corrected chi connectivity index (χ3v) is 0.996. The second-order valence-electron chi connectivity index (χ2n) is 1.22. The van der Waals surface area contributed by atoms with Crippen molar-refractivity contribution >= 4 is 30.9 Å². The quantitative estimate of drug-likeness (QED) is 0.519. The number of carbonyl (C=O) groups excluding carboxylic acids is 2. The van der Waals surface area contributed by atoms with Gasteiger partial charge in [-0.3, -0.25) is 9.59 Å². The predicted molar refractivity (Wildman–Crippen MR) is 43.0 cm³/mol. The molecule has 0 heterocycles. The molecular formula is C4H10O4P2. The Labute approximate surface area is 64.2 Å². The molecule has 0 bridgehead atoms. The third-order valence-electron chi connectivity index (χ3n) is 0.332. The molecule has 0 saturated carbocycles. The van der Waals surface area contributed by atoms with Crippen LogP contribution in [-0.2, 0) is 18.6 Å². The Bertz CT molecular complexity index is 99.8. The zero-order valence-corrected chi connectivity index (χ0v) is 8.10. The molecule has 0 aliphatic carbocycles. The van der Waals surface area contributed by atoms with Gasteiger partial charge in [0.2, 0.25) is 0 Å². The normalized spacial score (nSPS) is 6.80. The van der Waals surface area contributed by atoms with E-state index in [4.69, 9.17) is 0 Å². The molecule has 10 heavy (non-hydrogen) atoms. The maximum absolute atomic E-state index is 9.57. The van der Waals surface area contributed by atoms with Gasteiger partial charge in [0.15, 0.2) is 0 Å². The zero-order valence-electron chi connectivity index (χ0n) is 5.79. The summed E-state index contributed by atoms with van der Waals surface area (Å²) in [5, 5.41) is 0. The van der Waals surface area contributed by atoms with E-state index in [1.165, 1.54) is 13.8 Å². The van der Waals surface area contributed by atoms with Crippen molar-refractivity contribution in [1.29, 1.82) is 0 Å². The molecule has 0 amide bonds. The van der Waals surface area contributed by atoms with E-state index < -0.39 is 0 Å². The van der Waals surface area contributed by atoms with E-state index in [2.05, 4.69) is 9.05 Å². The molecule has 0 rings (SSSR count). The molecule has 2 atom stereocenters. The largest absolute Gasteiger partial charge is 0.452 e. The molecule has 0 aromatic rings. The van der Waals surface area contributed by atoms with Crippen molar-refractivity contribution in [3.05, 3.63) is 0 Å². The van der Waals surface area contributed by atoms with E-state index in [1.54, 1.807) is 0 Å². The van der Waals surface area contributed by atoms with Crippen LogP contribution in [0.2, 0.25) is 0 Å². The second kappa shape index (κ2) is 8.80. The Morgan fingerprint density at radius 3 is 1.10 bits per heavy atom. The maximum Gasteiger partial charge on any atom is 0.304 e. The lowest BCUT2D eigenvalue weighted by atomic mass is 10.9. The molecule has 0 spiro atoms. The van der Waals surface area contributed by atoms with Crippen LogP contribution in [0.4, 0.5) is 0 Å². The third kappa shape index (κ3) is 25.0. The summed E-state index contributed by atoms with van der Waals surface area (Å²) >= 11 is 0. The Morgan fingerprint density at radius 2 is 1.10 bits per heavy atom. The van der Waals surface area contributed by atoms with Crippen molar-refractivity contribution in [3.63, 3.8) is 0 Å². The fourth-order valence-electron chi connectivity index (χ4n) is 0. The highest BCUT2D eigenvalue weighted by atomic mass is 31.0. The minimum atomic E-state index is -0.282. The summed E-state index contributed by atoms with van der Waals surface area (Å²) in [7, 11) is 3.69. The first-order valence-electron chi connectivity index (χ1n) is 2.29. The van der Waals surface area contributed by atoms with E-state index in [0.29, 0.717) is 0 Å². The SMILES string of the molecule is CC(=O)OP.CC(=O)OP. The summed E-state index contributed by atoms with van der Waals surface area (Å²) in [6.07, 6.45) is 0. The summed E-state index contributed by atoms with van der Waals surface area (Å²) in [4.78, 5) is 19.1. The predicted octanol–water partition coefficient (Wildman–Crippen LogP) is 0.679. The lowest BCUT2D eigenvalue weighted by Gasteiger charge is -1.80. The van der Waals surface area contributed by atoms with Gasteiger partial charge in [0, 0.05) is 13.8 Å². The first kappa shape index (κ1) is 12.5. The lowest BCUT2D eigenvalue weighted by molar-refractivity contribution is -0.131. The van der Waals surface area contributed by atoms with Crippen LogP contribution in [0.15, 0.2) is 0 Å². The summed E-state index contributed by atoms with van der Waals surface area (Å²) in [5.74, 6) is -0.565. The lowest BCUT2D eigenvalue weighted by Crippen LogP contribution is -1.82. The summed E-state index contributed by atoms with van der Waals surface area (Å²) < 4.78 is 8.06. The fourth-order valence-corrected chi connectivity index (χ4v) is 0. The highest BCUT2D eigenvalue weighted by Gasteiger charge is 1.76. The van der Waals surface area contributed by atoms with Crippen molar-refractivity contribution in [2.75, 3.05) is 0 Å². The minimum absolute atomic E-state index is 0.282. The first-order valence-corrected chi connectivity index (χ1v) is 3.23. The molecule has 6 heteroatoms. The van der Waals surface area contributed by atoms with Crippen LogP contribution in [0.25, 0.3) is 0 Å². The van der Waals surface area contributed by atoms with Crippen LogP contribution in [0.1, 0.15) is 13.8 Å². The van der Waals surface area contributed by atoms with Gasteiger partial charge in [0.05, 0.1) is 18.9 Å².